The van der Waals surface area contributed by atoms with Crippen molar-refractivity contribution in [2.45, 2.75) is 6.18 Å². The molecule has 0 unspecified atom stereocenters. The predicted molar refractivity (Wildman–Crippen MR) is 106 cm³/mol. The Hall–Kier alpha value is -4.00. The summed E-state index contributed by atoms with van der Waals surface area (Å²) in [5, 5.41) is 0. The predicted octanol–water partition coefficient (Wildman–Crippen LogP) is 5.14. The number of alkyl halides is 3. The molecular weight excluding hydrogens is 409 g/mol. The third kappa shape index (κ3) is 3.77. The van der Waals surface area contributed by atoms with Crippen molar-refractivity contribution in [1.82, 2.24) is 0 Å². The van der Waals surface area contributed by atoms with Crippen LogP contribution in [-0.2, 0) is 11.0 Å². The molecule has 154 valence electrons. The maximum atomic E-state index is 13.1. The van der Waals surface area contributed by atoms with Gasteiger partial charge in [0.2, 0.25) is 5.78 Å². The molecule has 0 spiro atoms. The smallest absolute Gasteiger partial charge is 0.416 e. The molecule has 0 fully saturated rings. The molecule has 1 aliphatic carbocycles. The van der Waals surface area contributed by atoms with Gasteiger partial charge >= 0.3 is 12.1 Å². The average Bonchev–Trinajstić information content (AvgIpc) is 2.76. The number of hydrogen-bond donors (Lipinski definition) is 0. The molecule has 0 saturated heterocycles. The Morgan fingerprint density at radius 1 is 0.710 bits per heavy atom. The summed E-state index contributed by atoms with van der Waals surface area (Å²) < 4.78 is 43.4. The van der Waals surface area contributed by atoms with Gasteiger partial charge in [-0.1, -0.05) is 54.6 Å². The van der Waals surface area contributed by atoms with E-state index in [1.54, 1.807) is 42.5 Å². The number of rotatable bonds is 3. The van der Waals surface area contributed by atoms with Crippen molar-refractivity contribution >= 4 is 23.1 Å². The third-order valence-electron chi connectivity index (χ3n) is 4.78. The summed E-state index contributed by atoms with van der Waals surface area (Å²) in [4.78, 5) is 39.2. The summed E-state index contributed by atoms with van der Waals surface area (Å²) in [6.07, 6.45) is -4.54. The molecule has 0 N–H and O–H groups in total. The van der Waals surface area contributed by atoms with Crippen molar-refractivity contribution in [3.8, 4) is 5.75 Å². The van der Waals surface area contributed by atoms with Gasteiger partial charge in [-0.3, -0.25) is 9.59 Å². The van der Waals surface area contributed by atoms with Crippen LogP contribution in [0.2, 0.25) is 0 Å². The normalized spacial score (nSPS) is 13.8. The highest BCUT2D eigenvalue weighted by Gasteiger charge is 2.37. The van der Waals surface area contributed by atoms with Crippen LogP contribution in [0.25, 0.3) is 5.57 Å². The largest absolute Gasteiger partial charge is 0.423 e. The van der Waals surface area contributed by atoms with Crippen LogP contribution in [0.5, 0.6) is 5.75 Å². The highest BCUT2D eigenvalue weighted by molar-refractivity contribution is 6.46. The van der Waals surface area contributed by atoms with Crippen LogP contribution >= 0.6 is 0 Å². The lowest BCUT2D eigenvalue weighted by molar-refractivity contribution is -0.137. The molecule has 0 aliphatic heterocycles. The number of halogens is 3. The second-order valence-electron chi connectivity index (χ2n) is 6.73. The standard InChI is InChI=1S/C24H13F3O4/c25-24(26,27)15-10-12-16(13-11-15)31-23(30)20-19(14-6-2-1-3-7-14)21(28)17-8-4-5-9-18(17)22(20)29/h1-13H. The van der Waals surface area contributed by atoms with Crippen LogP contribution in [-0.4, -0.2) is 17.5 Å². The molecular formula is C24H13F3O4. The van der Waals surface area contributed by atoms with Gasteiger partial charge in [0.05, 0.1) is 5.56 Å². The van der Waals surface area contributed by atoms with Gasteiger partial charge in [0.1, 0.15) is 11.3 Å². The number of Topliss-reactive ketones (excluding diaryl/α,β-unsaturated/α-hetero) is 2. The molecule has 0 radical (unpaired) electrons. The summed E-state index contributed by atoms with van der Waals surface area (Å²) in [7, 11) is 0. The SMILES string of the molecule is O=C(Oc1ccc(C(F)(F)F)cc1)C1=C(c2ccccc2)C(=O)c2ccccc2C1=O. The second-order valence-corrected chi connectivity index (χ2v) is 6.73. The fourth-order valence-electron chi connectivity index (χ4n) is 3.32. The molecule has 4 nitrogen and oxygen atoms in total. The molecule has 0 aromatic heterocycles. The van der Waals surface area contributed by atoms with E-state index in [4.69, 9.17) is 4.74 Å². The van der Waals surface area contributed by atoms with Gasteiger partial charge < -0.3 is 4.74 Å². The highest BCUT2D eigenvalue weighted by Crippen LogP contribution is 2.34. The van der Waals surface area contributed by atoms with Crippen LogP contribution in [0.1, 0.15) is 31.8 Å². The van der Waals surface area contributed by atoms with Gasteiger partial charge in [-0.25, -0.2) is 4.79 Å². The number of carbonyl (C=O) groups excluding carboxylic acids is 3. The van der Waals surface area contributed by atoms with Crippen molar-refractivity contribution in [2.75, 3.05) is 0 Å². The molecule has 4 rings (SSSR count). The summed E-state index contributed by atoms with van der Waals surface area (Å²) in [6.45, 7) is 0. The van der Waals surface area contributed by atoms with E-state index in [9.17, 15) is 27.6 Å². The number of allylic oxidation sites excluding steroid dienone is 1. The first-order chi connectivity index (χ1) is 14.8. The van der Waals surface area contributed by atoms with Gasteiger partial charge in [-0.2, -0.15) is 13.2 Å². The highest BCUT2D eigenvalue weighted by atomic mass is 19.4. The number of ether oxygens (including phenoxy) is 1. The van der Waals surface area contributed by atoms with E-state index in [-0.39, 0.29) is 22.4 Å². The monoisotopic (exact) mass is 422 g/mol. The molecule has 1 aliphatic rings. The van der Waals surface area contributed by atoms with E-state index in [1.165, 1.54) is 12.1 Å². The third-order valence-corrected chi connectivity index (χ3v) is 4.78. The van der Waals surface area contributed by atoms with Gasteiger partial charge in [-0.15, -0.1) is 0 Å². The topological polar surface area (TPSA) is 60.4 Å². The van der Waals surface area contributed by atoms with Crippen LogP contribution in [0.4, 0.5) is 13.2 Å². The van der Waals surface area contributed by atoms with Crippen LogP contribution in [0.15, 0.2) is 84.4 Å². The first kappa shape index (κ1) is 20.3. The van der Waals surface area contributed by atoms with Crippen molar-refractivity contribution in [3.63, 3.8) is 0 Å². The average molecular weight is 422 g/mol. The van der Waals surface area contributed by atoms with E-state index in [0.717, 1.165) is 24.3 Å². The first-order valence-electron chi connectivity index (χ1n) is 9.15. The molecule has 0 saturated carbocycles. The summed E-state index contributed by atoms with van der Waals surface area (Å²) in [6, 6.07) is 17.8. The lowest BCUT2D eigenvalue weighted by atomic mass is 9.81. The molecule has 0 atom stereocenters. The van der Waals surface area contributed by atoms with E-state index < -0.39 is 34.8 Å². The fourth-order valence-corrected chi connectivity index (χ4v) is 3.32. The Bertz CT molecular complexity index is 1220. The number of esters is 1. The van der Waals surface area contributed by atoms with E-state index >= 15 is 0 Å². The Balaban J connectivity index is 1.78. The minimum atomic E-state index is -4.54. The number of benzene rings is 3. The Morgan fingerprint density at radius 2 is 1.26 bits per heavy atom. The lowest BCUT2D eigenvalue weighted by Crippen LogP contribution is -2.28. The summed E-state index contributed by atoms with van der Waals surface area (Å²) >= 11 is 0. The maximum absolute atomic E-state index is 13.1. The molecule has 0 heterocycles. The van der Waals surface area contributed by atoms with Crippen LogP contribution in [0, 0.1) is 0 Å². The van der Waals surface area contributed by atoms with E-state index in [1.807, 2.05) is 0 Å². The molecule has 7 heteroatoms. The Kier molecular flexibility index (Phi) is 5.02. The quantitative estimate of drug-likeness (QED) is 0.333. The van der Waals surface area contributed by atoms with Gasteiger partial charge in [0, 0.05) is 16.7 Å². The van der Waals surface area contributed by atoms with Crippen molar-refractivity contribution in [3.05, 3.63) is 107 Å². The second kappa shape index (κ2) is 7.68. The number of ketones is 2. The molecule has 31 heavy (non-hydrogen) atoms. The first-order valence-corrected chi connectivity index (χ1v) is 9.15. The van der Waals surface area contributed by atoms with Crippen molar-refractivity contribution < 1.29 is 32.3 Å². The maximum Gasteiger partial charge on any atom is 0.416 e. The number of hydrogen-bond acceptors (Lipinski definition) is 4. The Labute approximate surface area is 174 Å². The van der Waals surface area contributed by atoms with Crippen molar-refractivity contribution in [1.29, 1.82) is 0 Å². The number of carbonyl (C=O) groups is 3. The Morgan fingerprint density at radius 3 is 1.84 bits per heavy atom. The van der Waals surface area contributed by atoms with Gasteiger partial charge in [-0.05, 0) is 29.8 Å². The minimum absolute atomic E-state index is 0.0616. The molecule has 3 aromatic rings. The van der Waals surface area contributed by atoms with Crippen LogP contribution in [0.3, 0.4) is 0 Å². The van der Waals surface area contributed by atoms with E-state index in [0.29, 0.717) is 5.56 Å². The van der Waals surface area contributed by atoms with Gasteiger partial charge in [0.25, 0.3) is 0 Å². The summed E-state index contributed by atoms with van der Waals surface area (Å²) in [5.41, 5.74) is -0.899. The van der Waals surface area contributed by atoms with Crippen molar-refractivity contribution in [2.24, 2.45) is 0 Å². The lowest BCUT2D eigenvalue weighted by Gasteiger charge is -2.20. The number of fused-ring (bicyclic) bond motifs is 1. The fraction of sp³-hybridized carbons (Fsp3) is 0.0417. The van der Waals surface area contributed by atoms with E-state index in [2.05, 4.69) is 0 Å². The summed E-state index contributed by atoms with van der Waals surface area (Å²) in [5.74, 6) is -2.50. The van der Waals surface area contributed by atoms with Crippen LogP contribution < -0.4 is 4.74 Å². The zero-order chi connectivity index (χ0) is 22.2. The molecule has 0 bridgehead atoms. The van der Waals surface area contributed by atoms with Gasteiger partial charge in [0.15, 0.2) is 5.78 Å². The molecule has 0 amide bonds. The zero-order valence-corrected chi connectivity index (χ0v) is 15.8. The minimum Gasteiger partial charge on any atom is -0.423 e. The zero-order valence-electron chi connectivity index (χ0n) is 15.8. The molecule has 3 aromatic carbocycles.